The predicted octanol–water partition coefficient (Wildman–Crippen LogP) is 2.93. The third-order valence-electron chi connectivity index (χ3n) is 4.35. The molecule has 1 aromatic rings. The van der Waals surface area contributed by atoms with E-state index in [9.17, 15) is 4.79 Å². The van der Waals surface area contributed by atoms with E-state index in [0.717, 1.165) is 31.4 Å². The molecule has 1 aromatic heterocycles. The van der Waals surface area contributed by atoms with Gasteiger partial charge in [0.05, 0.1) is 6.61 Å². The monoisotopic (exact) mass is 405 g/mol. The van der Waals surface area contributed by atoms with Crippen molar-refractivity contribution in [2.45, 2.75) is 65.1 Å². The lowest BCUT2D eigenvalue weighted by Gasteiger charge is -2.35. The fraction of sp³-hybridized carbons (Fsp3) is 0.667. The Hall–Kier alpha value is -2.51. The number of piperidine rings is 1. The van der Waals surface area contributed by atoms with Gasteiger partial charge in [-0.15, -0.1) is 0 Å². The first kappa shape index (κ1) is 22.8. The molecular formula is C21H35N5O3. The van der Waals surface area contributed by atoms with Crippen molar-refractivity contribution in [1.29, 1.82) is 0 Å². The predicted molar refractivity (Wildman–Crippen MR) is 114 cm³/mol. The highest BCUT2D eigenvalue weighted by atomic mass is 16.6. The van der Waals surface area contributed by atoms with Crippen LogP contribution in [0.5, 0.6) is 5.88 Å². The summed E-state index contributed by atoms with van der Waals surface area (Å²) in [7, 11) is 1.74. The first-order valence-electron chi connectivity index (χ1n) is 10.3. The molecule has 2 heterocycles. The van der Waals surface area contributed by atoms with Crippen LogP contribution < -0.4 is 15.4 Å². The van der Waals surface area contributed by atoms with Gasteiger partial charge < -0.3 is 25.0 Å². The number of pyridine rings is 1. The van der Waals surface area contributed by atoms with Crippen LogP contribution in [0, 0.1) is 0 Å². The van der Waals surface area contributed by atoms with Crippen LogP contribution in [0.2, 0.25) is 0 Å². The fourth-order valence-corrected chi connectivity index (χ4v) is 2.97. The largest absolute Gasteiger partial charge is 0.478 e. The van der Waals surface area contributed by atoms with E-state index in [-0.39, 0.29) is 12.1 Å². The van der Waals surface area contributed by atoms with Crippen molar-refractivity contribution >= 4 is 12.1 Å². The molecule has 0 radical (unpaired) electrons. The molecule has 1 atom stereocenters. The number of amides is 1. The van der Waals surface area contributed by atoms with Gasteiger partial charge in [0.15, 0.2) is 5.96 Å². The summed E-state index contributed by atoms with van der Waals surface area (Å²) in [5.74, 6) is 1.34. The van der Waals surface area contributed by atoms with E-state index in [4.69, 9.17) is 9.47 Å². The molecule has 1 aliphatic rings. The molecule has 1 fully saturated rings. The van der Waals surface area contributed by atoms with Gasteiger partial charge in [0.2, 0.25) is 5.88 Å². The average molecular weight is 406 g/mol. The van der Waals surface area contributed by atoms with E-state index >= 15 is 0 Å². The first-order chi connectivity index (χ1) is 13.8. The average Bonchev–Trinajstić information content (AvgIpc) is 2.69. The SMILES string of the molecule is CCCOc1ccc(CNC(=NC)NC2CCCN(C(=O)OC(C)(C)C)C2)cn1. The Morgan fingerprint density at radius 1 is 1.38 bits per heavy atom. The van der Waals surface area contributed by atoms with Crippen LogP contribution in [0.4, 0.5) is 4.79 Å². The van der Waals surface area contributed by atoms with Gasteiger partial charge >= 0.3 is 6.09 Å². The summed E-state index contributed by atoms with van der Waals surface area (Å²) in [6.07, 6.45) is 4.40. The van der Waals surface area contributed by atoms with E-state index in [1.54, 1.807) is 18.1 Å². The molecule has 162 valence electrons. The van der Waals surface area contributed by atoms with Crippen molar-refractivity contribution in [2.24, 2.45) is 4.99 Å². The Morgan fingerprint density at radius 2 is 2.17 bits per heavy atom. The molecule has 1 unspecified atom stereocenters. The van der Waals surface area contributed by atoms with Gasteiger partial charge in [-0.3, -0.25) is 4.99 Å². The zero-order chi connectivity index (χ0) is 21.3. The van der Waals surface area contributed by atoms with Gasteiger partial charge in [0.25, 0.3) is 0 Å². The Morgan fingerprint density at radius 3 is 2.79 bits per heavy atom. The van der Waals surface area contributed by atoms with Crippen LogP contribution in [0.1, 0.15) is 52.5 Å². The molecule has 8 nitrogen and oxygen atoms in total. The Kier molecular flexibility index (Phi) is 8.54. The molecule has 29 heavy (non-hydrogen) atoms. The Bertz CT molecular complexity index is 670. The van der Waals surface area contributed by atoms with Gasteiger partial charge in [-0.05, 0) is 45.6 Å². The van der Waals surface area contributed by atoms with Gasteiger partial charge in [0, 0.05) is 45.0 Å². The van der Waals surface area contributed by atoms with Crippen LogP contribution in [0.15, 0.2) is 23.3 Å². The quantitative estimate of drug-likeness (QED) is 0.559. The maximum absolute atomic E-state index is 12.3. The van der Waals surface area contributed by atoms with Crippen LogP contribution in [-0.2, 0) is 11.3 Å². The number of carbonyl (C=O) groups excluding carboxylic acids is 1. The van der Waals surface area contributed by atoms with E-state index in [2.05, 4.69) is 27.5 Å². The summed E-state index contributed by atoms with van der Waals surface area (Å²) in [5.41, 5.74) is 0.552. The van der Waals surface area contributed by atoms with Crippen LogP contribution >= 0.6 is 0 Å². The fourth-order valence-electron chi connectivity index (χ4n) is 2.97. The van der Waals surface area contributed by atoms with Crippen LogP contribution in [-0.4, -0.2) is 60.3 Å². The maximum Gasteiger partial charge on any atom is 0.410 e. The summed E-state index contributed by atoms with van der Waals surface area (Å²) in [6.45, 7) is 10.3. The standard InChI is InChI=1S/C21H35N5O3/c1-6-12-28-18-10-9-16(13-23-18)14-24-19(22-5)25-17-8-7-11-26(15-17)20(27)29-21(2,3)4/h9-10,13,17H,6-8,11-12,14-15H2,1-5H3,(H2,22,24,25). The number of rotatable bonds is 6. The molecule has 2 rings (SSSR count). The lowest BCUT2D eigenvalue weighted by molar-refractivity contribution is 0.0193. The van der Waals surface area contributed by atoms with Crippen molar-refractivity contribution in [3.05, 3.63) is 23.9 Å². The van der Waals surface area contributed by atoms with Crippen molar-refractivity contribution < 1.29 is 14.3 Å². The molecule has 8 heteroatoms. The summed E-state index contributed by atoms with van der Waals surface area (Å²) in [5, 5.41) is 6.71. The number of hydrogen-bond acceptors (Lipinski definition) is 5. The van der Waals surface area contributed by atoms with E-state index < -0.39 is 5.60 Å². The third kappa shape index (κ3) is 8.17. The number of guanidine groups is 1. The molecule has 0 spiro atoms. The summed E-state index contributed by atoms with van der Waals surface area (Å²) in [6, 6.07) is 4.00. The smallest absolute Gasteiger partial charge is 0.410 e. The number of ether oxygens (including phenoxy) is 2. The third-order valence-corrected chi connectivity index (χ3v) is 4.35. The molecule has 0 bridgehead atoms. The molecule has 1 amide bonds. The number of nitrogens with zero attached hydrogens (tertiary/aromatic N) is 3. The topological polar surface area (TPSA) is 88.1 Å². The van der Waals surface area contributed by atoms with E-state index in [1.165, 1.54) is 0 Å². The van der Waals surface area contributed by atoms with E-state index in [0.29, 0.717) is 31.5 Å². The van der Waals surface area contributed by atoms with Gasteiger partial charge in [-0.2, -0.15) is 0 Å². The highest BCUT2D eigenvalue weighted by molar-refractivity contribution is 5.80. The molecule has 0 aromatic carbocycles. The zero-order valence-electron chi connectivity index (χ0n) is 18.3. The Labute approximate surface area is 174 Å². The molecular weight excluding hydrogens is 370 g/mol. The lowest BCUT2D eigenvalue weighted by Crippen LogP contribution is -2.53. The summed E-state index contributed by atoms with van der Waals surface area (Å²) < 4.78 is 11.0. The maximum atomic E-state index is 12.3. The minimum absolute atomic E-state index is 0.130. The number of nitrogens with one attached hydrogen (secondary N) is 2. The minimum atomic E-state index is -0.486. The number of likely N-dealkylation sites (tertiary alicyclic amines) is 1. The second-order valence-corrected chi connectivity index (χ2v) is 8.19. The number of carbonyl (C=O) groups is 1. The van der Waals surface area contributed by atoms with E-state index in [1.807, 2.05) is 32.9 Å². The van der Waals surface area contributed by atoms with Gasteiger partial charge in [-0.1, -0.05) is 13.0 Å². The lowest BCUT2D eigenvalue weighted by atomic mass is 10.1. The van der Waals surface area contributed by atoms with Crippen LogP contribution in [0.25, 0.3) is 0 Å². The highest BCUT2D eigenvalue weighted by Gasteiger charge is 2.28. The molecule has 0 aliphatic carbocycles. The molecule has 1 aliphatic heterocycles. The number of hydrogen-bond donors (Lipinski definition) is 2. The van der Waals surface area contributed by atoms with Gasteiger partial charge in [-0.25, -0.2) is 9.78 Å². The zero-order valence-corrected chi connectivity index (χ0v) is 18.3. The normalized spacial score (nSPS) is 17.6. The number of aliphatic imine (C=N–C) groups is 1. The molecule has 0 saturated carbocycles. The van der Waals surface area contributed by atoms with Crippen molar-refractivity contribution in [2.75, 3.05) is 26.7 Å². The summed E-state index contributed by atoms with van der Waals surface area (Å²) in [4.78, 5) is 22.7. The molecule has 1 saturated heterocycles. The van der Waals surface area contributed by atoms with Crippen molar-refractivity contribution in [3.8, 4) is 5.88 Å². The Balaban J connectivity index is 1.82. The second-order valence-electron chi connectivity index (χ2n) is 8.19. The van der Waals surface area contributed by atoms with Crippen LogP contribution in [0.3, 0.4) is 0 Å². The highest BCUT2D eigenvalue weighted by Crippen LogP contribution is 2.15. The number of aromatic nitrogens is 1. The first-order valence-corrected chi connectivity index (χ1v) is 10.3. The second kappa shape index (κ2) is 10.9. The molecule has 2 N–H and O–H groups in total. The van der Waals surface area contributed by atoms with Crippen molar-refractivity contribution in [1.82, 2.24) is 20.5 Å². The minimum Gasteiger partial charge on any atom is -0.478 e. The summed E-state index contributed by atoms with van der Waals surface area (Å²) >= 11 is 0. The van der Waals surface area contributed by atoms with Gasteiger partial charge in [0.1, 0.15) is 5.60 Å². The van der Waals surface area contributed by atoms with Crippen molar-refractivity contribution in [3.63, 3.8) is 0 Å².